The van der Waals surface area contributed by atoms with Crippen molar-refractivity contribution in [2.45, 2.75) is 52.6 Å². The number of benzene rings is 4. The van der Waals surface area contributed by atoms with Crippen molar-refractivity contribution in [3.8, 4) is 5.75 Å². The molecule has 234 valence electrons. The van der Waals surface area contributed by atoms with Crippen LogP contribution in [-0.2, 0) is 34.6 Å². The molecule has 1 aliphatic rings. The average Bonchev–Trinajstić information content (AvgIpc) is 3.27. The first kappa shape index (κ1) is 31.9. The highest BCUT2D eigenvalue weighted by atomic mass is 32.3. The molecular weight excluding hydrogens is 615 g/mol. The highest BCUT2D eigenvalue weighted by Gasteiger charge is 2.59. The number of methoxy groups -OCH3 is 1. The van der Waals surface area contributed by atoms with E-state index in [9.17, 15) is 26.4 Å². The molecule has 1 atom stereocenters. The van der Waals surface area contributed by atoms with Crippen LogP contribution in [0.25, 0.3) is 0 Å². The van der Waals surface area contributed by atoms with Gasteiger partial charge in [0.2, 0.25) is 0 Å². The van der Waals surface area contributed by atoms with Gasteiger partial charge in [-0.25, -0.2) is 26.5 Å². The molecule has 0 saturated carbocycles. The Morgan fingerprint density at radius 2 is 1.24 bits per heavy atom. The van der Waals surface area contributed by atoms with Gasteiger partial charge in [-0.3, -0.25) is 4.79 Å². The number of amides is 2. The number of sulfone groups is 2. The molecule has 2 amide bonds. The van der Waals surface area contributed by atoms with Crippen molar-refractivity contribution in [2.24, 2.45) is 0 Å². The standard InChI is InChI=1S/C34H33NO8S2/c1-33(2,3)43-32(37)35-29-18-12-11-17-28(29)34(31(35)36,24-19-21-25(42-4)22-20-24)23-30(44(38,39)26-13-7-5-8-14-26)45(40,41)27-15-9-6-10-16-27/h5-22,30H,23H2,1-4H3/t34-/m1/s1. The second-order valence-electron chi connectivity index (χ2n) is 11.6. The number of fused-ring (bicyclic) bond motifs is 1. The maximum absolute atomic E-state index is 14.8. The molecule has 0 aliphatic carbocycles. The molecule has 0 fully saturated rings. The van der Waals surface area contributed by atoms with Gasteiger partial charge < -0.3 is 9.47 Å². The number of ether oxygens (including phenoxy) is 2. The van der Waals surface area contributed by atoms with E-state index in [1.54, 1.807) is 81.4 Å². The second kappa shape index (κ2) is 11.8. The minimum atomic E-state index is -4.65. The van der Waals surface area contributed by atoms with Gasteiger partial charge in [0.05, 0.1) is 22.6 Å². The first-order chi connectivity index (χ1) is 21.2. The first-order valence-electron chi connectivity index (χ1n) is 14.1. The molecule has 0 aromatic heterocycles. The number of hydrogen-bond donors (Lipinski definition) is 0. The lowest BCUT2D eigenvalue weighted by atomic mass is 9.73. The normalized spacial score (nSPS) is 16.8. The molecule has 4 aromatic carbocycles. The van der Waals surface area contributed by atoms with E-state index in [1.165, 1.54) is 55.6 Å². The zero-order valence-electron chi connectivity index (χ0n) is 25.2. The zero-order chi connectivity index (χ0) is 32.6. The Bertz CT molecular complexity index is 1870. The fourth-order valence-corrected chi connectivity index (χ4v) is 10.2. The van der Waals surface area contributed by atoms with Crippen LogP contribution in [0.15, 0.2) is 119 Å². The molecule has 0 saturated heterocycles. The molecule has 5 rings (SSSR count). The third kappa shape index (κ3) is 5.73. The number of hydrogen-bond acceptors (Lipinski definition) is 8. The number of nitrogens with zero attached hydrogens (tertiary/aromatic N) is 1. The summed E-state index contributed by atoms with van der Waals surface area (Å²) in [6, 6.07) is 27.3. The molecule has 4 aromatic rings. The van der Waals surface area contributed by atoms with Gasteiger partial charge in [0.15, 0.2) is 24.3 Å². The van der Waals surface area contributed by atoms with E-state index in [0.29, 0.717) is 5.75 Å². The number of carbonyl (C=O) groups is 2. The summed E-state index contributed by atoms with van der Waals surface area (Å²) in [7, 11) is -7.82. The highest BCUT2D eigenvalue weighted by molar-refractivity contribution is 8.09. The Kier molecular flexibility index (Phi) is 8.37. The molecule has 11 heteroatoms. The van der Waals surface area contributed by atoms with Crippen LogP contribution >= 0.6 is 0 Å². The zero-order valence-corrected chi connectivity index (χ0v) is 26.8. The van der Waals surface area contributed by atoms with Gasteiger partial charge in [-0.1, -0.05) is 66.7 Å². The minimum Gasteiger partial charge on any atom is -0.497 e. The maximum Gasteiger partial charge on any atom is 0.421 e. The molecule has 1 aliphatic heterocycles. The van der Waals surface area contributed by atoms with Crippen LogP contribution < -0.4 is 9.64 Å². The second-order valence-corrected chi connectivity index (χ2v) is 16.2. The van der Waals surface area contributed by atoms with Crippen LogP contribution in [0.1, 0.15) is 38.3 Å². The molecule has 9 nitrogen and oxygen atoms in total. The number of para-hydroxylation sites is 1. The lowest BCUT2D eigenvalue weighted by molar-refractivity contribution is -0.121. The number of anilines is 1. The number of rotatable bonds is 8. The van der Waals surface area contributed by atoms with E-state index >= 15 is 0 Å². The van der Waals surface area contributed by atoms with Crippen molar-refractivity contribution in [1.82, 2.24) is 0 Å². The van der Waals surface area contributed by atoms with E-state index in [-0.39, 0.29) is 26.6 Å². The number of carbonyl (C=O) groups excluding carboxylic acids is 2. The van der Waals surface area contributed by atoms with Crippen molar-refractivity contribution in [3.63, 3.8) is 0 Å². The Morgan fingerprint density at radius 3 is 1.73 bits per heavy atom. The summed E-state index contributed by atoms with van der Waals surface area (Å²) in [5, 5.41) is 0. The van der Waals surface area contributed by atoms with Crippen molar-refractivity contribution < 1.29 is 35.9 Å². The molecule has 0 radical (unpaired) electrons. The van der Waals surface area contributed by atoms with Crippen molar-refractivity contribution in [1.29, 1.82) is 0 Å². The van der Waals surface area contributed by atoms with Crippen LogP contribution in [0.3, 0.4) is 0 Å². The summed E-state index contributed by atoms with van der Waals surface area (Å²) in [5.74, 6) is -0.373. The summed E-state index contributed by atoms with van der Waals surface area (Å²) >= 11 is 0. The van der Waals surface area contributed by atoms with Crippen molar-refractivity contribution >= 4 is 37.4 Å². The quantitative estimate of drug-likeness (QED) is 0.231. The van der Waals surface area contributed by atoms with Gasteiger partial charge in [-0.2, -0.15) is 0 Å². The molecule has 45 heavy (non-hydrogen) atoms. The van der Waals surface area contributed by atoms with Crippen LogP contribution in [0, 0.1) is 0 Å². The first-order valence-corrected chi connectivity index (χ1v) is 17.2. The van der Waals surface area contributed by atoms with Crippen LogP contribution in [0.2, 0.25) is 0 Å². The van der Waals surface area contributed by atoms with Gasteiger partial charge in [0.25, 0.3) is 5.91 Å². The maximum atomic E-state index is 14.8. The Labute approximate surface area is 263 Å². The van der Waals surface area contributed by atoms with Crippen LogP contribution in [-0.4, -0.2) is 46.1 Å². The monoisotopic (exact) mass is 647 g/mol. The third-order valence-corrected chi connectivity index (χ3v) is 12.7. The SMILES string of the molecule is COc1ccc([C@@]2(CC(S(=O)(=O)c3ccccc3)S(=O)(=O)c3ccccc3)C(=O)N(C(=O)OC(C)(C)C)c3ccccc32)cc1. The molecular formula is C34H33NO8S2. The molecule has 0 N–H and O–H groups in total. The predicted molar refractivity (Wildman–Crippen MR) is 170 cm³/mol. The van der Waals surface area contributed by atoms with Gasteiger partial charge in [0.1, 0.15) is 16.8 Å². The Balaban J connectivity index is 1.81. The number of imide groups is 1. The highest BCUT2D eigenvalue weighted by Crippen LogP contribution is 2.51. The van der Waals surface area contributed by atoms with Gasteiger partial charge in [-0.15, -0.1) is 0 Å². The van der Waals surface area contributed by atoms with E-state index in [1.807, 2.05) is 0 Å². The summed E-state index contributed by atoms with van der Waals surface area (Å²) < 4.78 is 66.5. The summed E-state index contributed by atoms with van der Waals surface area (Å²) in [6.45, 7) is 4.97. The molecule has 0 bridgehead atoms. The van der Waals surface area contributed by atoms with Gasteiger partial charge >= 0.3 is 6.09 Å². The Hall–Kier alpha value is -4.48. The van der Waals surface area contributed by atoms with E-state index < -0.39 is 53.7 Å². The van der Waals surface area contributed by atoms with Crippen LogP contribution in [0.4, 0.5) is 10.5 Å². The summed E-state index contributed by atoms with van der Waals surface area (Å²) in [4.78, 5) is 28.9. The minimum absolute atomic E-state index is 0.167. The van der Waals surface area contributed by atoms with E-state index in [2.05, 4.69) is 0 Å². The van der Waals surface area contributed by atoms with Crippen molar-refractivity contribution in [3.05, 3.63) is 120 Å². The van der Waals surface area contributed by atoms with E-state index in [4.69, 9.17) is 9.47 Å². The van der Waals surface area contributed by atoms with Crippen molar-refractivity contribution in [2.75, 3.05) is 12.0 Å². The average molecular weight is 648 g/mol. The summed E-state index contributed by atoms with van der Waals surface area (Å²) in [5.41, 5.74) is -2.19. The fourth-order valence-electron chi connectivity index (χ4n) is 5.56. The summed E-state index contributed by atoms with van der Waals surface area (Å²) in [6.07, 6.45) is -1.70. The largest absolute Gasteiger partial charge is 0.497 e. The Morgan fingerprint density at radius 1 is 0.756 bits per heavy atom. The van der Waals surface area contributed by atoms with Gasteiger partial charge in [0, 0.05) is 6.42 Å². The lowest BCUT2D eigenvalue weighted by Crippen LogP contribution is -2.49. The fraction of sp³-hybridized carbons (Fsp3) is 0.235. The predicted octanol–water partition coefficient (Wildman–Crippen LogP) is 5.93. The lowest BCUT2D eigenvalue weighted by Gasteiger charge is -2.33. The molecule has 0 unspecified atom stereocenters. The molecule has 0 spiro atoms. The van der Waals surface area contributed by atoms with Crippen LogP contribution in [0.5, 0.6) is 5.75 Å². The third-order valence-electron chi connectivity index (χ3n) is 7.64. The molecule has 1 heterocycles. The smallest absolute Gasteiger partial charge is 0.421 e. The van der Waals surface area contributed by atoms with E-state index in [0.717, 1.165) is 4.90 Å². The van der Waals surface area contributed by atoms with Gasteiger partial charge in [-0.05, 0) is 74.4 Å². The topological polar surface area (TPSA) is 124 Å².